The molecule has 0 radical (unpaired) electrons. The summed E-state index contributed by atoms with van der Waals surface area (Å²) in [4.78, 5) is 47.4. The average molecular weight is 454 g/mol. The van der Waals surface area contributed by atoms with Gasteiger partial charge >= 0.3 is 0 Å². The molecule has 2 aromatic heterocycles. The van der Waals surface area contributed by atoms with Crippen molar-refractivity contribution < 1.29 is 9.59 Å². The molecule has 1 fully saturated rings. The smallest absolute Gasteiger partial charge is 0.259 e. The number of nitrogens with one attached hydrogen (secondary N) is 2. The van der Waals surface area contributed by atoms with Crippen LogP contribution < -0.4 is 21.5 Å². The summed E-state index contributed by atoms with van der Waals surface area (Å²) >= 11 is 1.50. The number of nitrogens with zero attached hydrogens (tertiary/aromatic N) is 2. The summed E-state index contributed by atoms with van der Waals surface area (Å²) in [6, 6.07) is 7.68. The van der Waals surface area contributed by atoms with Crippen LogP contribution in [0, 0.1) is 19.8 Å². The van der Waals surface area contributed by atoms with Crippen molar-refractivity contribution in [3.05, 3.63) is 50.9 Å². The molecule has 4 rings (SSSR count). The number of aromatic amines is 1. The summed E-state index contributed by atoms with van der Waals surface area (Å²) in [6.45, 7) is 5.48. The Kier molecular flexibility index (Phi) is 6.27. The number of primary amides is 1. The number of benzene rings is 1. The highest BCUT2D eigenvalue weighted by Crippen LogP contribution is 2.26. The second-order valence-electron chi connectivity index (χ2n) is 8.23. The molecule has 32 heavy (non-hydrogen) atoms. The van der Waals surface area contributed by atoms with E-state index in [0.29, 0.717) is 23.3 Å². The summed E-state index contributed by atoms with van der Waals surface area (Å²) < 4.78 is 0. The second-order valence-corrected chi connectivity index (χ2v) is 9.44. The number of amides is 2. The van der Waals surface area contributed by atoms with Crippen LogP contribution in [0.2, 0.25) is 0 Å². The van der Waals surface area contributed by atoms with Gasteiger partial charge in [0, 0.05) is 48.1 Å². The molecular weight excluding hydrogens is 426 g/mol. The fourth-order valence-electron chi connectivity index (χ4n) is 4.05. The summed E-state index contributed by atoms with van der Waals surface area (Å²) in [6.07, 6.45) is 2.11. The van der Waals surface area contributed by atoms with E-state index in [4.69, 9.17) is 5.73 Å². The minimum Gasteiger partial charge on any atom is -0.371 e. The number of H-pyrrole nitrogens is 1. The van der Waals surface area contributed by atoms with Gasteiger partial charge in [0.25, 0.3) is 5.56 Å². The van der Waals surface area contributed by atoms with Crippen LogP contribution in [0.15, 0.2) is 29.1 Å². The zero-order valence-electron chi connectivity index (χ0n) is 18.2. The van der Waals surface area contributed by atoms with Gasteiger partial charge in [-0.15, -0.1) is 11.3 Å². The largest absolute Gasteiger partial charge is 0.371 e. The number of aryl methyl sites for hydroxylation is 3. The third-order valence-electron chi connectivity index (χ3n) is 6.09. The zero-order valence-corrected chi connectivity index (χ0v) is 19.1. The first-order chi connectivity index (χ1) is 15.3. The van der Waals surface area contributed by atoms with E-state index >= 15 is 0 Å². The summed E-state index contributed by atoms with van der Waals surface area (Å²) in [7, 11) is 0. The Morgan fingerprint density at radius 2 is 1.91 bits per heavy atom. The van der Waals surface area contributed by atoms with Crippen molar-refractivity contribution in [2.75, 3.05) is 23.3 Å². The molecule has 4 N–H and O–H groups in total. The highest BCUT2D eigenvalue weighted by atomic mass is 32.1. The summed E-state index contributed by atoms with van der Waals surface area (Å²) in [5.41, 5.74) is 7.98. The molecule has 3 aromatic rings. The SMILES string of the molecule is Cc1sc2nc(CCC(=O)Nc3ccc(N4CCC(C(N)=O)CC4)cc3)[nH]c(=O)c2c1C. The normalized spacial score (nSPS) is 14.6. The van der Waals surface area contributed by atoms with Crippen molar-refractivity contribution in [3.8, 4) is 0 Å². The van der Waals surface area contributed by atoms with E-state index in [2.05, 4.69) is 20.2 Å². The topological polar surface area (TPSA) is 121 Å². The van der Waals surface area contributed by atoms with Gasteiger partial charge in [0.05, 0.1) is 5.39 Å². The van der Waals surface area contributed by atoms with Crippen molar-refractivity contribution >= 4 is 44.7 Å². The highest BCUT2D eigenvalue weighted by Gasteiger charge is 2.23. The fourth-order valence-corrected chi connectivity index (χ4v) is 5.10. The maximum atomic E-state index is 12.4. The van der Waals surface area contributed by atoms with Gasteiger partial charge in [-0.3, -0.25) is 14.4 Å². The number of anilines is 2. The third kappa shape index (κ3) is 4.67. The molecular formula is C23H27N5O3S. The predicted octanol–water partition coefficient (Wildman–Crippen LogP) is 2.87. The van der Waals surface area contributed by atoms with E-state index in [9.17, 15) is 14.4 Å². The van der Waals surface area contributed by atoms with Gasteiger partial charge in [-0.25, -0.2) is 4.98 Å². The molecule has 2 amide bonds. The van der Waals surface area contributed by atoms with Gasteiger partial charge in [-0.2, -0.15) is 0 Å². The van der Waals surface area contributed by atoms with Crippen LogP contribution in [0.3, 0.4) is 0 Å². The number of nitrogens with two attached hydrogens (primary N) is 1. The first kappa shape index (κ1) is 22.0. The van der Waals surface area contributed by atoms with Gasteiger partial charge < -0.3 is 20.9 Å². The van der Waals surface area contributed by atoms with Crippen molar-refractivity contribution in [2.24, 2.45) is 11.7 Å². The maximum absolute atomic E-state index is 12.4. The van der Waals surface area contributed by atoms with Crippen molar-refractivity contribution in [1.82, 2.24) is 9.97 Å². The number of hydrogen-bond acceptors (Lipinski definition) is 6. The van der Waals surface area contributed by atoms with E-state index < -0.39 is 0 Å². The standard InChI is InChI=1S/C23H27N5O3S/c1-13-14(2)32-23-20(13)22(31)26-18(27-23)7-8-19(29)25-16-3-5-17(6-4-16)28-11-9-15(10-12-28)21(24)30/h3-6,15H,7-12H2,1-2H3,(H2,24,30)(H,25,29)(H,26,27,31). The number of hydrogen-bond donors (Lipinski definition) is 3. The lowest BCUT2D eigenvalue weighted by atomic mass is 9.96. The van der Waals surface area contributed by atoms with Gasteiger partial charge in [0.1, 0.15) is 10.7 Å². The first-order valence-electron chi connectivity index (χ1n) is 10.7. The number of fused-ring (bicyclic) bond motifs is 1. The Balaban J connectivity index is 1.32. The van der Waals surface area contributed by atoms with Crippen molar-refractivity contribution in [2.45, 2.75) is 39.5 Å². The lowest BCUT2D eigenvalue weighted by molar-refractivity contribution is -0.122. The molecule has 9 heteroatoms. The Labute approximate surface area is 189 Å². The monoisotopic (exact) mass is 453 g/mol. The van der Waals surface area contributed by atoms with Gasteiger partial charge in [-0.05, 0) is 56.5 Å². The summed E-state index contributed by atoms with van der Waals surface area (Å²) in [5.74, 6) is 0.125. The molecule has 8 nitrogen and oxygen atoms in total. The molecule has 0 spiro atoms. The molecule has 0 saturated carbocycles. The third-order valence-corrected chi connectivity index (χ3v) is 7.19. The number of thiophene rings is 1. The molecule has 3 heterocycles. The van der Waals surface area contributed by atoms with Crippen LogP contribution in [0.25, 0.3) is 10.2 Å². The summed E-state index contributed by atoms with van der Waals surface area (Å²) in [5, 5.41) is 3.53. The van der Waals surface area contributed by atoms with E-state index in [-0.39, 0.29) is 29.7 Å². The van der Waals surface area contributed by atoms with Gasteiger partial charge in [-0.1, -0.05) is 0 Å². The molecule has 1 aliphatic heterocycles. The minimum absolute atomic E-state index is 0.0391. The van der Waals surface area contributed by atoms with Crippen LogP contribution in [0.5, 0.6) is 0 Å². The fraction of sp³-hybridized carbons (Fsp3) is 0.391. The van der Waals surface area contributed by atoms with Crippen LogP contribution in [-0.4, -0.2) is 34.9 Å². The Morgan fingerprint density at radius 3 is 2.56 bits per heavy atom. The van der Waals surface area contributed by atoms with E-state index in [1.807, 2.05) is 38.1 Å². The molecule has 1 aromatic carbocycles. The average Bonchev–Trinajstić information content (AvgIpc) is 3.06. The van der Waals surface area contributed by atoms with Crippen LogP contribution >= 0.6 is 11.3 Å². The number of aromatic nitrogens is 2. The second kappa shape index (κ2) is 9.12. The Hall–Kier alpha value is -3.20. The number of rotatable bonds is 6. The molecule has 0 unspecified atom stereocenters. The molecule has 1 saturated heterocycles. The Bertz CT molecular complexity index is 1210. The van der Waals surface area contributed by atoms with E-state index in [1.165, 1.54) is 11.3 Å². The molecule has 168 valence electrons. The zero-order chi connectivity index (χ0) is 22.8. The lowest BCUT2D eigenvalue weighted by Crippen LogP contribution is -2.38. The van der Waals surface area contributed by atoms with Gasteiger partial charge in [0.2, 0.25) is 11.8 Å². The van der Waals surface area contributed by atoms with Crippen LogP contribution in [-0.2, 0) is 16.0 Å². The first-order valence-corrected chi connectivity index (χ1v) is 11.6. The molecule has 0 atom stereocenters. The van der Waals surface area contributed by atoms with Crippen molar-refractivity contribution in [1.29, 1.82) is 0 Å². The van der Waals surface area contributed by atoms with E-state index in [1.54, 1.807) is 0 Å². The number of piperidine rings is 1. The molecule has 0 aliphatic carbocycles. The van der Waals surface area contributed by atoms with Crippen LogP contribution in [0.4, 0.5) is 11.4 Å². The quantitative estimate of drug-likeness (QED) is 0.530. The number of carbonyl (C=O) groups is 2. The number of carbonyl (C=O) groups excluding carboxylic acids is 2. The molecule has 0 bridgehead atoms. The highest BCUT2D eigenvalue weighted by molar-refractivity contribution is 7.18. The molecule has 1 aliphatic rings. The maximum Gasteiger partial charge on any atom is 0.259 e. The minimum atomic E-state index is -0.220. The van der Waals surface area contributed by atoms with E-state index in [0.717, 1.165) is 46.9 Å². The predicted molar refractivity (Wildman–Crippen MR) is 127 cm³/mol. The Morgan fingerprint density at radius 1 is 1.22 bits per heavy atom. The van der Waals surface area contributed by atoms with Crippen LogP contribution in [0.1, 0.15) is 35.5 Å². The van der Waals surface area contributed by atoms with Gasteiger partial charge in [0.15, 0.2) is 0 Å². The lowest BCUT2D eigenvalue weighted by Gasteiger charge is -2.32. The van der Waals surface area contributed by atoms with Crippen molar-refractivity contribution in [3.63, 3.8) is 0 Å².